The van der Waals surface area contributed by atoms with Crippen LogP contribution in [0.2, 0.25) is 5.02 Å². The molecular formula is C11H8ClN3O5. The van der Waals surface area contributed by atoms with Gasteiger partial charge < -0.3 is 4.74 Å². The number of ether oxygens (including phenoxy) is 1. The summed E-state index contributed by atoms with van der Waals surface area (Å²) in [4.78, 5) is 24.8. The molecule has 0 fully saturated rings. The van der Waals surface area contributed by atoms with Gasteiger partial charge >= 0.3 is 11.4 Å². The fourth-order valence-corrected chi connectivity index (χ4v) is 2.33. The van der Waals surface area contributed by atoms with Crippen molar-refractivity contribution >= 4 is 33.9 Å². The van der Waals surface area contributed by atoms with Crippen LogP contribution in [0.25, 0.3) is 10.9 Å². The summed E-state index contributed by atoms with van der Waals surface area (Å²) >= 11 is 5.98. The summed E-state index contributed by atoms with van der Waals surface area (Å²) < 4.78 is 4.90. The minimum atomic E-state index is -0.715. The summed E-state index contributed by atoms with van der Waals surface area (Å²) in [5.41, 5.74) is -0.598. The maximum absolute atomic E-state index is 11.2. The zero-order chi connectivity index (χ0) is 15.0. The van der Waals surface area contributed by atoms with Crippen LogP contribution < -0.4 is 4.74 Å². The largest absolute Gasteiger partial charge is 0.490 e. The highest BCUT2D eigenvalue weighted by molar-refractivity contribution is 6.38. The smallest absolute Gasteiger partial charge is 0.322 e. The molecule has 0 aliphatic heterocycles. The molecule has 0 unspecified atom stereocenters. The molecule has 0 radical (unpaired) electrons. The van der Waals surface area contributed by atoms with Crippen LogP contribution in [0.15, 0.2) is 12.1 Å². The van der Waals surface area contributed by atoms with Crippen LogP contribution in [0.4, 0.5) is 11.4 Å². The van der Waals surface area contributed by atoms with E-state index in [9.17, 15) is 20.2 Å². The van der Waals surface area contributed by atoms with Crippen LogP contribution >= 0.6 is 11.6 Å². The Kier molecular flexibility index (Phi) is 3.41. The number of hydrogen-bond donors (Lipinski definition) is 0. The van der Waals surface area contributed by atoms with Crippen molar-refractivity contribution in [3.63, 3.8) is 0 Å². The molecule has 0 saturated heterocycles. The Labute approximate surface area is 117 Å². The topological polar surface area (TPSA) is 108 Å². The van der Waals surface area contributed by atoms with Crippen LogP contribution in [0.5, 0.6) is 5.75 Å². The zero-order valence-corrected chi connectivity index (χ0v) is 11.2. The molecule has 0 amide bonds. The van der Waals surface area contributed by atoms with Crippen molar-refractivity contribution in [1.29, 1.82) is 0 Å². The summed E-state index contributed by atoms with van der Waals surface area (Å²) in [6.07, 6.45) is 0. The molecule has 2 aromatic rings. The molecule has 2 rings (SSSR count). The summed E-state index contributed by atoms with van der Waals surface area (Å²) in [6, 6.07) is 2.83. The number of methoxy groups -OCH3 is 1. The van der Waals surface area contributed by atoms with E-state index in [0.717, 1.165) is 0 Å². The summed E-state index contributed by atoms with van der Waals surface area (Å²) in [5, 5.41) is 21.8. The third kappa shape index (κ3) is 1.99. The highest BCUT2D eigenvalue weighted by Crippen LogP contribution is 2.42. The Hall–Kier alpha value is -2.48. The van der Waals surface area contributed by atoms with Gasteiger partial charge in [-0.3, -0.25) is 20.2 Å². The predicted molar refractivity (Wildman–Crippen MR) is 71.4 cm³/mol. The van der Waals surface area contributed by atoms with Crippen LogP contribution in [0.3, 0.4) is 0 Å². The number of halogens is 1. The lowest BCUT2D eigenvalue weighted by atomic mass is 10.1. The molecular weight excluding hydrogens is 290 g/mol. The Morgan fingerprint density at radius 1 is 1.20 bits per heavy atom. The monoisotopic (exact) mass is 297 g/mol. The van der Waals surface area contributed by atoms with Crippen molar-refractivity contribution < 1.29 is 14.6 Å². The van der Waals surface area contributed by atoms with E-state index in [2.05, 4.69) is 4.98 Å². The second kappa shape index (κ2) is 4.89. The molecule has 0 bridgehead atoms. The Morgan fingerprint density at radius 3 is 2.30 bits per heavy atom. The number of nitro groups is 2. The SMILES string of the molecule is COc1ccc2nc(C)c([N+](=O)[O-])c(Cl)c2c1[N+](=O)[O-]. The third-order valence-corrected chi connectivity index (χ3v) is 3.13. The summed E-state index contributed by atoms with van der Waals surface area (Å²) in [5.74, 6) is -0.0376. The van der Waals surface area contributed by atoms with E-state index in [1.807, 2.05) is 0 Å². The molecule has 0 atom stereocenters. The quantitative estimate of drug-likeness (QED) is 0.636. The second-order valence-electron chi connectivity index (χ2n) is 3.88. The fourth-order valence-electron chi connectivity index (χ4n) is 1.94. The Balaban J connectivity index is 3.03. The predicted octanol–water partition coefficient (Wildman–Crippen LogP) is 3.02. The van der Waals surface area contributed by atoms with Gasteiger partial charge in [-0.2, -0.15) is 0 Å². The number of benzene rings is 1. The van der Waals surface area contributed by atoms with Crippen molar-refractivity contribution in [2.24, 2.45) is 0 Å². The van der Waals surface area contributed by atoms with E-state index in [-0.39, 0.29) is 27.4 Å². The van der Waals surface area contributed by atoms with Crippen LogP contribution in [0.1, 0.15) is 5.69 Å². The summed E-state index contributed by atoms with van der Waals surface area (Å²) in [6.45, 7) is 1.42. The normalized spacial score (nSPS) is 10.6. The van der Waals surface area contributed by atoms with Crippen LogP contribution in [-0.2, 0) is 0 Å². The van der Waals surface area contributed by atoms with Crippen molar-refractivity contribution in [2.75, 3.05) is 7.11 Å². The van der Waals surface area contributed by atoms with Gasteiger partial charge in [-0.05, 0) is 19.1 Å². The average Bonchev–Trinajstić information content (AvgIpc) is 2.36. The molecule has 1 heterocycles. The van der Waals surface area contributed by atoms with Gasteiger partial charge in [-0.25, -0.2) is 4.98 Å². The average molecular weight is 298 g/mol. The molecule has 1 aromatic heterocycles. The molecule has 9 heteroatoms. The van der Waals surface area contributed by atoms with Crippen LogP contribution in [-0.4, -0.2) is 21.9 Å². The highest BCUT2D eigenvalue weighted by Gasteiger charge is 2.29. The fraction of sp³-hybridized carbons (Fsp3) is 0.182. The van der Waals surface area contributed by atoms with Crippen molar-refractivity contribution in [3.8, 4) is 5.75 Å². The van der Waals surface area contributed by atoms with Crippen LogP contribution in [0, 0.1) is 27.2 Å². The van der Waals surface area contributed by atoms with Gasteiger partial charge in [0.2, 0.25) is 0 Å². The van der Waals surface area contributed by atoms with E-state index >= 15 is 0 Å². The Morgan fingerprint density at radius 2 is 1.80 bits per heavy atom. The summed E-state index contributed by atoms with van der Waals surface area (Å²) in [7, 11) is 1.26. The number of nitro benzene ring substituents is 1. The first kappa shape index (κ1) is 13.9. The number of aryl methyl sites for hydroxylation is 1. The third-order valence-electron chi connectivity index (χ3n) is 2.76. The number of nitrogens with zero attached hydrogens (tertiary/aromatic N) is 3. The second-order valence-corrected chi connectivity index (χ2v) is 4.26. The van der Waals surface area contributed by atoms with Crippen molar-refractivity contribution in [2.45, 2.75) is 6.92 Å². The lowest BCUT2D eigenvalue weighted by Gasteiger charge is -2.07. The lowest BCUT2D eigenvalue weighted by Crippen LogP contribution is -2.00. The minimum absolute atomic E-state index is 0.0376. The van der Waals surface area contributed by atoms with Gasteiger partial charge in [0.15, 0.2) is 5.75 Å². The Bertz CT molecular complexity index is 747. The van der Waals surface area contributed by atoms with E-state index in [1.54, 1.807) is 0 Å². The lowest BCUT2D eigenvalue weighted by molar-refractivity contribution is -0.386. The van der Waals surface area contributed by atoms with Gasteiger partial charge in [0.1, 0.15) is 16.1 Å². The molecule has 1 aromatic carbocycles. The molecule has 0 spiro atoms. The first-order valence-corrected chi connectivity index (χ1v) is 5.71. The van der Waals surface area contributed by atoms with E-state index < -0.39 is 21.2 Å². The minimum Gasteiger partial charge on any atom is -0.490 e. The number of hydrogen-bond acceptors (Lipinski definition) is 6. The van der Waals surface area contributed by atoms with Crippen molar-refractivity contribution in [3.05, 3.63) is 43.1 Å². The zero-order valence-electron chi connectivity index (χ0n) is 10.4. The molecule has 0 saturated carbocycles. The number of aromatic nitrogens is 1. The van der Waals surface area contributed by atoms with Gasteiger partial charge in [0.25, 0.3) is 0 Å². The van der Waals surface area contributed by atoms with Gasteiger partial charge in [0.05, 0.1) is 22.5 Å². The molecule has 20 heavy (non-hydrogen) atoms. The standard InChI is InChI=1S/C11H8ClN3O5/c1-5-10(14(16)17)9(12)8-6(13-5)3-4-7(20-2)11(8)15(18)19/h3-4H,1-2H3. The first-order chi connectivity index (χ1) is 9.38. The first-order valence-electron chi connectivity index (χ1n) is 5.34. The number of fused-ring (bicyclic) bond motifs is 1. The number of pyridine rings is 1. The molecule has 0 aliphatic rings. The molecule has 0 N–H and O–H groups in total. The van der Waals surface area contributed by atoms with Gasteiger partial charge in [0, 0.05) is 0 Å². The molecule has 0 aliphatic carbocycles. The van der Waals surface area contributed by atoms with E-state index in [0.29, 0.717) is 0 Å². The van der Waals surface area contributed by atoms with Crippen molar-refractivity contribution in [1.82, 2.24) is 4.98 Å². The van der Waals surface area contributed by atoms with E-state index in [1.165, 1.54) is 26.2 Å². The maximum Gasteiger partial charge on any atom is 0.322 e. The van der Waals surface area contributed by atoms with Gasteiger partial charge in [-0.1, -0.05) is 11.6 Å². The number of rotatable bonds is 3. The molecule has 8 nitrogen and oxygen atoms in total. The maximum atomic E-state index is 11.2. The molecule has 104 valence electrons. The highest BCUT2D eigenvalue weighted by atomic mass is 35.5. The van der Waals surface area contributed by atoms with Gasteiger partial charge in [-0.15, -0.1) is 0 Å². The van der Waals surface area contributed by atoms with E-state index in [4.69, 9.17) is 16.3 Å².